The van der Waals surface area contributed by atoms with E-state index >= 15 is 0 Å². The highest BCUT2D eigenvalue weighted by Gasteiger charge is 2.30. The van der Waals surface area contributed by atoms with Crippen LogP contribution in [0.2, 0.25) is 0 Å². The van der Waals surface area contributed by atoms with Crippen LogP contribution in [0.4, 0.5) is 0 Å². The van der Waals surface area contributed by atoms with Crippen LogP contribution < -0.4 is 11.5 Å². The van der Waals surface area contributed by atoms with Gasteiger partial charge in [0.2, 0.25) is 11.8 Å². The highest BCUT2D eigenvalue weighted by Crippen LogP contribution is 2.43. The molecule has 0 aliphatic carbocycles. The normalized spacial score (nSPS) is 14.0. The topological polar surface area (TPSA) is 167 Å². The van der Waals surface area contributed by atoms with Crippen LogP contribution in [-0.2, 0) is 31.2 Å². The Morgan fingerprint density at radius 3 is 0.917 bits per heavy atom. The first-order valence-corrected chi connectivity index (χ1v) is 16.9. The predicted molar refractivity (Wildman–Crippen MR) is 196 cm³/mol. The maximum atomic E-state index is 12.5. The molecule has 0 radical (unpaired) electrons. The van der Waals surface area contributed by atoms with Gasteiger partial charge in [0.25, 0.3) is 0 Å². The van der Waals surface area contributed by atoms with E-state index in [2.05, 4.69) is 0 Å². The number of primary amides is 2. The zero-order chi connectivity index (χ0) is 37.2. The maximum Gasteiger partial charge on any atom is 0.248 e. The fourth-order valence-electron chi connectivity index (χ4n) is 5.85. The summed E-state index contributed by atoms with van der Waals surface area (Å²) < 4.78 is 0. The Hall–Kier alpha value is -3.94. The van der Waals surface area contributed by atoms with Gasteiger partial charge in [0, 0.05) is 33.4 Å². The number of hydrogen-bond donors (Lipinski definition) is 6. The second kappa shape index (κ2) is 14.7. The summed E-state index contributed by atoms with van der Waals surface area (Å²) in [4.78, 5) is 25.0. The molecule has 2 aromatic carbocycles. The molecule has 2 aromatic rings. The van der Waals surface area contributed by atoms with Gasteiger partial charge in [0.15, 0.2) is 0 Å². The van der Waals surface area contributed by atoms with E-state index in [4.69, 9.17) is 11.5 Å². The van der Waals surface area contributed by atoms with Crippen molar-refractivity contribution in [1.82, 2.24) is 0 Å². The standard InChI is InChI=1S/C40H60N2O6/c1-37(2,3)27-19-23(20-28(33(27)45)38(4,5)6)31(43)25(35(41)47)17-15-13-14-16-18-26(36(42)48)32(44)24-21-29(39(7,8)9)34(46)30(22-24)40(10,11)12/h19-22,43-46H,13-18H2,1-12H3,(H2,41,47)(H2,42,48). The lowest BCUT2D eigenvalue weighted by Gasteiger charge is -2.28. The quantitative estimate of drug-likeness (QED) is 0.0797. The third-order valence-electron chi connectivity index (χ3n) is 8.77. The molecule has 0 saturated carbocycles. The van der Waals surface area contributed by atoms with Crippen molar-refractivity contribution < 1.29 is 30.0 Å². The summed E-state index contributed by atoms with van der Waals surface area (Å²) in [5, 5.41) is 44.7. The third-order valence-corrected chi connectivity index (χ3v) is 8.77. The third kappa shape index (κ3) is 9.80. The molecule has 0 aromatic heterocycles. The molecule has 0 saturated heterocycles. The summed E-state index contributed by atoms with van der Waals surface area (Å²) in [7, 11) is 0. The molecule has 2 amide bonds. The molecule has 8 N–H and O–H groups in total. The zero-order valence-corrected chi connectivity index (χ0v) is 31.3. The fraction of sp³-hybridized carbons (Fsp3) is 0.550. The summed E-state index contributed by atoms with van der Waals surface area (Å²) in [5.41, 5.74) is 13.6. The van der Waals surface area contributed by atoms with Gasteiger partial charge in [0.1, 0.15) is 23.0 Å². The molecule has 2 rings (SSSR count). The monoisotopic (exact) mass is 664 g/mol. The van der Waals surface area contributed by atoms with Crippen molar-refractivity contribution >= 4 is 23.3 Å². The van der Waals surface area contributed by atoms with E-state index in [0.717, 1.165) is 0 Å². The second-order valence-electron chi connectivity index (χ2n) is 17.1. The number of phenolic OH excluding ortho intramolecular Hbond substituents is 2. The van der Waals surface area contributed by atoms with Crippen molar-refractivity contribution in [2.24, 2.45) is 11.5 Å². The number of nitrogens with two attached hydrogens (primary N) is 2. The molecule has 8 nitrogen and oxygen atoms in total. The van der Waals surface area contributed by atoms with Crippen LogP contribution in [0.3, 0.4) is 0 Å². The van der Waals surface area contributed by atoms with Crippen molar-refractivity contribution in [3.05, 3.63) is 68.8 Å². The number of amides is 2. The van der Waals surface area contributed by atoms with Crippen LogP contribution in [0.25, 0.3) is 11.5 Å². The Labute approximate surface area is 288 Å². The van der Waals surface area contributed by atoms with Crippen LogP contribution >= 0.6 is 0 Å². The molecular weight excluding hydrogens is 604 g/mol. The van der Waals surface area contributed by atoms with E-state index in [-0.39, 0.29) is 47.0 Å². The first kappa shape index (κ1) is 40.2. The molecule has 266 valence electrons. The number of phenols is 2. The molecule has 0 unspecified atom stereocenters. The number of aromatic hydroxyl groups is 2. The van der Waals surface area contributed by atoms with Crippen LogP contribution in [0.1, 0.15) is 155 Å². The van der Waals surface area contributed by atoms with Crippen LogP contribution in [0.15, 0.2) is 35.4 Å². The van der Waals surface area contributed by atoms with Crippen molar-refractivity contribution in [1.29, 1.82) is 0 Å². The largest absolute Gasteiger partial charge is 0.507 e. The first-order valence-electron chi connectivity index (χ1n) is 16.9. The smallest absolute Gasteiger partial charge is 0.248 e. The van der Waals surface area contributed by atoms with Crippen LogP contribution in [-0.4, -0.2) is 32.2 Å². The highest BCUT2D eigenvalue weighted by atomic mass is 16.3. The lowest BCUT2D eigenvalue weighted by atomic mass is 9.78. The van der Waals surface area contributed by atoms with Crippen molar-refractivity contribution in [3.8, 4) is 11.5 Å². The number of carbonyl (C=O) groups is 2. The van der Waals surface area contributed by atoms with Gasteiger partial charge in [-0.15, -0.1) is 0 Å². The van der Waals surface area contributed by atoms with Gasteiger partial charge in [-0.25, -0.2) is 0 Å². The molecule has 0 atom stereocenters. The van der Waals surface area contributed by atoms with Crippen molar-refractivity contribution in [3.63, 3.8) is 0 Å². The molecule has 0 heterocycles. The van der Waals surface area contributed by atoms with Crippen LogP contribution in [0.5, 0.6) is 11.5 Å². The minimum atomic E-state index is -0.711. The zero-order valence-electron chi connectivity index (χ0n) is 31.3. The molecule has 8 heteroatoms. The lowest BCUT2D eigenvalue weighted by Crippen LogP contribution is -2.19. The number of aliphatic hydroxyl groups is 2. The number of unbranched alkanes of at least 4 members (excludes halogenated alkanes) is 3. The van der Waals surface area contributed by atoms with Gasteiger partial charge < -0.3 is 31.9 Å². The van der Waals surface area contributed by atoms with E-state index in [9.17, 15) is 30.0 Å². The molecular formula is C40H60N2O6. The number of aliphatic hydroxyl groups excluding tert-OH is 2. The number of carbonyl (C=O) groups excluding carboxylic acids is 2. The van der Waals surface area contributed by atoms with Crippen LogP contribution in [0, 0.1) is 0 Å². The molecule has 0 bridgehead atoms. The van der Waals surface area contributed by atoms with E-state index < -0.39 is 33.5 Å². The minimum absolute atomic E-state index is 0.118. The summed E-state index contributed by atoms with van der Waals surface area (Å²) >= 11 is 0. The average molecular weight is 665 g/mol. The lowest BCUT2D eigenvalue weighted by molar-refractivity contribution is -0.115. The Kier molecular flexibility index (Phi) is 12.3. The molecule has 48 heavy (non-hydrogen) atoms. The summed E-state index contributed by atoms with van der Waals surface area (Å²) in [6.45, 7) is 23.7. The summed E-state index contributed by atoms with van der Waals surface area (Å²) in [5.74, 6) is -1.45. The summed E-state index contributed by atoms with van der Waals surface area (Å²) in [6, 6.07) is 6.87. The molecule has 0 spiro atoms. The SMILES string of the molecule is CC(C)(C)c1cc(C(O)=C(CCCCCCC(C(N)=O)=C(O)c2cc(C(C)(C)C)c(O)c(C(C)(C)C)c2)C(N)=O)cc(C(C)(C)C)c1O. The highest BCUT2D eigenvalue weighted by molar-refractivity contribution is 5.99. The molecule has 0 aliphatic rings. The average Bonchev–Trinajstić information content (AvgIpc) is 2.91. The Balaban J connectivity index is 2.30. The molecule has 0 aliphatic heterocycles. The number of hydrogen-bond acceptors (Lipinski definition) is 6. The minimum Gasteiger partial charge on any atom is -0.507 e. The van der Waals surface area contributed by atoms with E-state index in [1.807, 2.05) is 83.1 Å². The van der Waals surface area contributed by atoms with Gasteiger partial charge in [-0.1, -0.05) is 95.9 Å². The molecule has 0 fully saturated rings. The van der Waals surface area contributed by atoms with Gasteiger partial charge in [-0.05, 0) is 71.6 Å². The van der Waals surface area contributed by atoms with Gasteiger partial charge in [0.05, 0.1) is 11.1 Å². The number of benzene rings is 2. The van der Waals surface area contributed by atoms with Gasteiger partial charge >= 0.3 is 0 Å². The predicted octanol–water partition coefficient (Wildman–Crippen LogP) is 8.84. The Morgan fingerprint density at radius 1 is 0.500 bits per heavy atom. The van der Waals surface area contributed by atoms with Crippen molar-refractivity contribution in [2.75, 3.05) is 0 Å². The van der Waals surface area contributed by atoms with Gasteiger partial charge in [-0.2, -0.15) is 0 Å². The first-order chi connectivity index (χ1) is 21.7. The maximum absolute atomic E-state index is 12.5. The second-order valence-corrected chi connectivity index (χ2v) is 17.1. The Bertz CT molecular complexity index is 1400. The van der Waals surface area contributed by atoms with E-state index in [1.165, 1.54) is 0 Å². The number of rotatable bonds is 11. The Morgan fingerprint density at radius 2 is 0.729 bits per heavy atom. The summed E-state index contributed by atoms with van der Waals surface area (Å²) in [6.07, 6.45) is 2.97. The van der Waals surface area contributed by atoms with Crippen molar-refractivity contribution in [2.45, 2.75) is 143 Å². The van der Waals surface area contributed by atoms with Gasteiger partial charge in [-0.3, -0.25) is 9.59 Å². The van der Waals surface area contributed by atoms with E-state index in [0.29, 0.717) is 59.1 Å². The fourth-order valence-corrected chi connectivity index (χ4v) is 5.85. The van der Waals surface area contributed by atoms with E-state index in [1.54, 1.807) is 24.3 Å².